The van der Waals surface area contributed by atoms with Crippen LogP contribution in [0.1, 0.15) is 90.5 Å². The summed E-state index contributed by atoms with van der Waals surface area (Å²) in [5, 5.41) is 24.0. The number of nitrogens with zero attached hydrogens (tertiary/aromatic N) is 4. The Morgan fingerprint density at radius 2 is 1.69 bits per heavy atom. The smallest absolute Gasteiger partial charge is 0.308 e. The van der Waals surface area contributed by atoms with E-state index in [1.54, 1.807) is 20.8 Å². The second kappa shape index (κ2) is 16.4. The van der Waals surface area contributed by atoms with Gasteiger partial charge < -0.3 is 24.6 Å². The normalized spacial score (nSPS) is 16.1. The molecule has 0 amide bonds. The lowest BCUT2D eigenvalue weighted by atomic mass is 9.92. The monoisotopic (exact) mass is 692 g/mol. The van der Waals surface area contributed by atoms with Crippen molar-refractivity contribution in [2.24, 2.45) is 0 Å². The summed E-state index contributed by atoms with van der Waals surface area (Å²) in [6, 6.07) is 14.0. The quantitative estimate of drug-likeness (QED) is 0.215. The molecule has 266 valence electrons. The fraction of sp³-hybridized carbons (Fsp3) is 0.513. The SMILES string of the molecule is CC.CC(C)(C)O.Cc1ccc2cc1-c1c(Cl)cccc1OCCCCCOC1(C)CCN(CC1)c1c(CC(=O)O)c(C)nc3cc-2nn13. The lowest BCUT2D eigenvalue weighted by Crippen LogP contribution is -2.45. The number of hydrogen-bond acceptors (Lipinski definition) is 7. The van der Waals surface area contributed by atoms with Crippen LogP contribution in [0.15, 0.2) is 42.5 Å². The molecule has 6 bridgehead atoms. The van der Waals surface area contributed by atoms with Gasteiger partial charge in [-0.05, 0) is 103 Å². The van der Waals surface area contributed by atoms with Crippen LogP contribution in [0.3, 0.4) is 0 Å². The molecule has 2 aromatic heterocycles. The Kier molecular flexibility index (Phi) is 12.7. The molecule has 4 aromatic rings. The Morgan fingerprint density at radius 3 is 2.37 bits per heavy atom. The van der Waals surface area contributed by atoms with Gasteiger partial charge >= 0.3 is 5.97 Å². The van der Waals surface area contributed by atoms with Crippen LogP contribution in [0.4, 0.5) is 5.82 Å². The summed E-state index contributed by atoms with van der Waals surface area (Å²) in [6.45, 7) is 18.2. The van der Waals surface area contributed by atoms with Crippen molar-refractivity contribution in [3.63, 3.8) is 0 Å². The number of rotatable bonds is 2. The molecule has 9 nitrogen and oxygen atoms in total. The summed E-state index contributed by atoms with van der Waals surface area (Å²) in [4.78, 5) is 19.0. The Bertz CT molecular complexity index is 1730. The molecule has 0 unspecified atom stereocenters. The molecule has 0 aliphatic carbocycles. The standard InChI is InChI=1S/C33H37ClN4O4.C4H10O.C2H6/c1-21-10-11-23-18-24(21)31-26(34)8-7-9-28(31)41-16-5-4-6-17-42-33(3)12-14-37(15-13-33)32-25(19-30(39)40)22(2)35-29-20-27(23)36-38(29)32;1-4(2,3)5;1-2/h7-11,18,20H,4-6,12-17,19H2,1-3H3,(H,39,40);5H,1-3H3;1-2H3. The molecule has 10 heteroatoms. The molecule has 0 saturated carbocycles. The van der Waals surface area contributed by atoms with Crippen molar-refractivity contribution >= 4 is 29.0 Å². The Hall–Kier alpha value is -3.66. The van der Waals surface area contributed by atoms with Gasteiger partial charge in [-0.1, -0.05) is 43.6 Å². The summed E-state index contributed by atoms with van der Waals surface area (Å²) in [6.07, 6.45) is 4.48. The fourth-order valence-corrected chi connectivity index (χ4v) is 6.38. The molecule has 2 N–H and O–H groups in total. The zero-order valence-electron chi connectivity index (χ0n) is 30.4. The van der Waals surface area contributed by atoms with E-state index in [1.165, 1.54) is 0 Å². The van der Waals surface area contributed by atoms with Crippen LogP contribution in [-0.4, -0.2) is 68.3 Å². The van der Waals surface area contributed by atoms with E-state index in [2.05, 4.69) is 36.9 Å². The lowest BCUT2D eigenvalue weighted by Gasteiger charge is -2.41. The summed E-state index contributed by atoms with van der Waals surface area (Å²) >= 11 is 6.79. The van der Waals surface area contributed by atoms with E-state index >= 15 is 0 Å². The van der Waals surface area contributed by atoms with Gasteiger partial charge in [-0.15, -0.1) is 0 Å². The molecular formula is C39H53ClN4O5. The van der Waals surface area contributed by atoms with Gasteiger partial charge in [0.1, 0.15) is 11.6 Å². The topological polar surface area (TPSA) is 109 Å². The average Bonchev–Trinajstić information content (AvgIpc) is 3.45. The molecule has 49 heavy (non-hydrogen) atoms. The highest BCUT2D eigenvalue weighted by Gasteiger charge is 2.33. The van der Waals surface area contributed by atoms with Gasteiger partial charge in [0.05, 0.1) is 34.9 Å². The Balaban J connectivity index is 0.000000710. The minimum atomic E-state index is -0.888. The van der Waals surface area contributed by atoms with E-state index in [9.17, 15) is 9.90 Å². The first kappa shape index (κ1) is 38.1. The van der Waals surface area contributed by atoms with Gasteiger partial charge in [0.25, 0.3) is 0 Å². The van der Waals surface area contributed by atoms with Crippen molar-refractivity contribution in [3.8, 4) is 28.1 Å². The van der Waals surface area contributed by atoms with Crippen LogP contribution >= 0.6 is 11.6 Å². The van der Waals surface area contributed by atoms with Crippen molar-refractivity contribution in [2.75, 3.05) is 31.2 Å². The number of fused-ring (bicyclic) bond motifs is 8. The predicted molar refractivity (Wildman–Crippen MR) is 198 cm³/mol. The summed E-state index contributed by atoms with van der Waals surface area (Å²) in [5.41, 5.74) is 5.98. The second-order valence-electron chi connectivity index (χ2n) is 13.9. The number of halogens is 1. The minimum absolute atomic E-state index is 0.118. The van der Waals surface area contributed by atoms with E-state index in [0.717, 1.165) is 84.7 Å². The highest BCUT2D eigenvalue weighted by Crippen LogP contribution is 2.41. The lowest BCUT2D eigenvalue weighted by molar-refractivity contribution is -0.136. The summed E-state index contributed by atoms with van der Waals surface area (Å²) < 4.78 is 14.5. The molecule has 3 aliphatic heterocycles. The largest absolute Gasteiger partial charge is 0.493 e. The summed E-state index contributed by atoms with van der Waals surface area (Å²) in [5.74, 6) is 0.677. The van der Waals surface area contributed by atoms with Gasteiger partial charge in [0.15, 0.2) is 5.65 Å². The number of aliphatic carboxylic acids is 1. The number of carbonyl (C=O) groups is 1. The molecule has 5 heterocycles. The van der Waals surface area contributed by atoms with E-state index in [4.69, 9.17) is 36.3 Å². The van der Waals surface area contributed by atoms with Gasteiger partial charge in [0, 0.05) is 48.1 Å². The van der Waals surface area contributed by atoms with Crippen LogP contribution < -0.4 is 9.64 Å². The first-order chi connectivity index (χ1) is 23.2. The van der Waals surface area contributed by atoms with Gasteiger partial charge in [-0.2, -0.15) is 9.61 Å². The maximum Gasteiger partial charge on any atom is 0.308 e. The van der Waals surface area contributed by atoms with Crippen molar-refractivity contribution in [1.82, 2.24) is 14.6 Å². The first-order valence-electron chi connectivity index (χ1n) is 17.5. The molecule has 1 fully saturated rings. The number of aryl methyl sites for hydroxylation is 2. The second-order valence-corrected chi connectivity index (χ2v) is 14.3. The van der Waals surface area contributed by atoms with E-state index in [1.807, 2.05) is 49.6 Å². The zero-order chi connectivity index (χ0) is 35.9. The molecule has 0 spiro atoms. The number of anilines is 1. The number of aromatic nitrogens is 3. The van der Waals surface area contributed by atoms with Gasteiger partial charge in [-0.3, -0.25) is 4.79 Å². The fourth-order valence-electron chi connectivity index (χ4n) is 6.11. The van der Waals surface area contributed by atoms with E-state index < -0.39 is 11.6 Å². The number of carboxylic acids is 1. The molecule has 0 atom stereocenters. The number of hydrogen-bond donors (Lipinski definition) is 2. The van der Waals surface area contributed by atoms with Crippen molar-refractivity contribution < 1.29 is 24.5 Å². The van der Waals surface area contributed by atoms with Crippen LogP contribution in [0, 0.1) is 13.8 Å². The van der Waals surface area contributed by atoms with E-state index in [-0.39, 0.29) is 12.0 Å². The van der Waals surface area contributed by atoms with Crippen LogP contribution in [-0.2, 0) is 16.0 Å². The minimum Gasteiger partial charge on any atom is -0.493 e. The third-order valence-corrected chi connectivity index (χ3v) is 8.92. The Morgan fingerprint density at radius 1 is 1.02 bits per heavy atom. The van der Waals surface area contributed by atoms with Gasteiger partial charge in [-0.25, -0.2) is 4.98 Å². The third kappa shape index (κ3) is 9.74. The van der Waals surface area contributed by atoms with Crippen molar-refractivity contribution in [2.45, 2.75) is 105 Å². The Labute approximate surface area is 296 Å². The van der Waals surface area contributed by atoms with Crippen LogP contribution in [0.5, 0.6) is 5.75 Å². The first-order valence-corrected chi connectivity index (χ1v) is 17.9. The molecular weight excluding hydrogens is 640 g/mol. The van der Waals surface area contributed by atoms with E-state index in [0.29, 0.717) is 35.1 Å². The molecule has 2 aromatic carbocycles. The molecule has 1 saturated heterocycles. The highest BCUT2D eigenvalue weighted by molar-refractivity contribution is 6.33. The number of piperidine rings is 1. The number of aliphatic hydroxyl groups is 1. The number of ether oxygens (including phenoxy) is 2. The van der Waals surface area contributed by atoms with Crippen molar-refractivity contribution in [3.05, 3.63) is 64.3 Å². The van der Waals surface area contributed by atoms with Crippen molar-refractivity contribution in [1.29, 1.82) is 0 Å². The average molecular weight is 693 g/mol. The summed E-state index contributed by atoms with van der Waals surface area (Å²) in [7, 11) is 0. The highest BCUT2D eigenvalue weighted by atomic mass is 35.5. The predicted octanol–water partition coefficient (Wildman–Crippen LogP) is 8.70. The number of carboxylic acid groups (broad SMARTS) is 1. The molecule has 0 radical (unpaired) electrons. The maximum atomic E-state index is 11.9. The molecule has 7 rings (SSSR count). The number of benzene rings is 2. The molecule has 3 aliphatic rings. The third-order valence-electron chi connectivity index (χ3n) is 8.60. The van der Waals surface area contributed by atoms with Gasteiger partial charge in [0.2, 0.25) is 0 Å². The zero-order valence-corrected chi connectivity index (χ0v) is 31.2. The van der Waals surface area contributed by atoms with Crippen LogP contribution in [0.25, 0.3) is 28.0 Å². The maximum absolute atomic E-state index is 11.9. The van der Waals surface area contributed by atoms with Crippen LogP contribution in [0.2, 0.25) is 5.02 Å².